The summed E-state index contributed by atoms with van der Waals surface area (Å²) >= 11 is 0. The van der Waals surface area contributed by atoms with Crippen molar-refractivity contribution < 1.29 is 0 Å². The summed E-state index contributed by atoms with van der Waals surface area (Å²) in [5.41, 5.74) is 5.38. The molecule has 4 atom stereocenters. The zero-order valence-electron chi connectivity index (χ0n) is 19.3. The quantitative estimate of drug-likeness (QED) is 0.599. The second kappa shape index (κ2) is 7.43. The molecule has 8 heteroatoms. The van der Waals surface area contributed by atoms with Crippen LogP contribution in [0.3, 0.4) is 0 Å². The first-order valence-electron chi connectivity index (χ1n) is 12.2. The van der Waals surface area contributed by atoms with E-state index in [1.165, 1.54) is 17.7 Å². The van der Waals surface area contributed by atoms with Crippen molar-refractivity contribution >= 4 is 35.8 Å². The molecule has 4 aliphatic rings. The molecule has 168 valence electrons. The van der Waals surface area contributed by atoms with E-state index in [-0.39, 0.29) is 0 Å². The molecule has 6 heterocycles. The predicted molar refractivity (Wildman–Crippen MR) is 134 cm³/mol. The maximum absolute atomic E-state index is 9.57. The molecule has 0 saturated carbocycles. The van der Waals surface area contributed by atoms with Gasteiger partial charge in [0.05, 0.1) is 22.8 Å². The molecule has 2 radical (unpaired) electrons. The molecule has 2 bridgehead atoms. The van der Waals surface area contributed by atoms with Gasteiger partial charge in [0.15, 0.2) is 0 Å². The molecule has 34 heavy (non-hydrogen) atoms. The fraction of sp³-hybridized carbons (Fsp3) is 0.423. The molecule has 0 unspecified atom stereocenters. The van der Waals surface area contributed by atoms with E-state index < -0.39 is 0 Å². The average molecular weight is 447 g/mol. The van der Waals surface area contributed by atoms with Crippen LogP contribution in [0.4, 0.5) is 11.5 Å². The largest absolute Gasteiger partial charge is 0.368 e. The number of aromatic nitrogens is 2. The Bertz CT molecular complexity index is 1350. The van der Waals surface area contributed by atoms with Crippen molar-refractivity contribution in [3.63, 3.8) is 0 Å². The van der Waals surface area contributed by atoms with E-state index in [0.29, 0.717) is 40.8 Å². The maximum atomic E-state index is 9.57. The Morgan fingerprint density at radius 2 is 2.00 bits per heavy atom. The van der Waals surface area contributed by atoms with Crippen molar-refractivity contribution in [1.82, 2.24) is 20.2 Å². The second-order valence-electron chi connectivity index (χ2n) is 10.2. The number of benzene rings is 1. The number of nitriles is 1. The van der Waals surface area contributed by atoms with Gasteiger partial charge in [0.25, 0.3) is 0 Å². The SMILES string of the molecule is [B]c1ccc2c(N3C[C@@H](C)N4Cc5nc(N6C[C@@H]7C[C@H]6CN7)ccc5[C@H]4C3)ccc(C#N)c2n1. The monoisotopic (exact) mass is 447 g/mol. The third-order valence-electron chi connectivity index (χ3n) is 8.20. The van der Waals surface area contributed by atoms with Gasteiger partial charge >= 0.3 is 0 Å². The Hall–Kier alpha value is -3.15. The van der Waals surface area contributed by atoms with Gasteiger partial charge in [0, 0.05) is 61.9 Å². The lowest BCUT2D eigenvalue weighted by Crippen LogP contribution is -2.51. The van der Waals surface area contributed by atoms with Crippen LogP contribution in [0.15, 0.2) is 36.4 Å². The summed E-state index contributed by atoms with van der Waals surface area (Å²) in [5.74, 6) is 1.14. The van der Waals surface area contributed by atoms with E-state index in [1.807, 2.05) is 18.2 Å². The number of hydrogen-bond acceptors (Lipinski definition) is 7. The maximum Gasteiger partial charge on any atom is 0.141 e. The normalized spacial score (nSPS) is 27.8. The van der Waals surface area contributed by atoms with Gasteiger partial charge in [-0.1, -0.05) is 12.1 Å². The van der Waals surface area contributed by atoms with Gasteiger partial charge < -0.3 is 15.1 Å². The summed E-state index contributed by atoms with van der Waals surface area (Å²) in [6.07, 6.45) is 1.23. The second-order valence-corrected chi connectivity index (χ2v) is 10.2. The molecule has 1 aromatic carbocycles. The molecule has 0 spiro atoms. The van der Waals surface area contributed by atoms with Gasteiger partial charge in [0.2, 0.25) is 0 Å². The first-order valence-corrected chi connectivity index (χ1v) is 12.2. The number of nitrogens with zero attached hydrogens (tertiary/aromatic N) is 6. The predicted octanol–water partition coefficient (Wildman–Crippen LogP) is 1.61. The van der Waals surface area contributed by atoms with Crippen molar-refractivity contribution in [1.29, 1.82) is 5.26 Å². The van der Waals surface area contributed by atoms with Crippen LogP contribution in [0.1, 0.15) is 36.2 Å². The average Bonchev–Trinajstić information content (AvgIpc) is 3.57. The van der Waals surface area contributed by atoms with Gasteiger partial charge in [-0.25, -0.2) is 4.98 Å². The van der Waals surface area contributed by atoms with Crippen molar-refractivity contribution in [2.24, 2.45) is 0 Å². The van der Waals surface area contributed by atoms with Crippen LogP contribution in [0, 0.1) is 11.3 Å². The van der Waals surface area contributed by atoms with Crippen LogP contribution >= 0.6 is 0 Å². The highest BCUT2D eigenvalue weighted by Crippen LogP contribution is 2.41. The van der Waals surface area contributed by atoms with E-state index in [9.17, 15) is 5.26 Å². The third-order valence-corrected chi connectivity index (χ3v) is 8.20. The van der Waals surface area contributed by atoms with Crippen LogP contribution < -0.4 is 20.7 Å². The highest BCUT2D eigenvalue weighted by atomic mass is 15.3. The summed E-state index contributed by atoms with van der Waals surface area (Å²) < 4.78 is 0. The van der Waals surface area contributed by atoms with Crippen molar-refractivity contribution in [2.75, 3.05) is 36.0 Å². The molecule has 2 aromatic heterocycles. The highest BCUT2D eigenvalue weighted by molar-refractivity contribution is 6.31. The number of anilines is 2. The molecule has 3 aromatic rings. The summed E-state index contributed by atoms with van der Waals surface area (Å²) in [6, 6.07) is 16.5. The molecular weight excluding hydrogens is 421 g/mol. The molecule has 3 fully saturated rings. The lowest BCUT2D eigenvalue weighted by Gasteiger charge is -2.43. The summed E-state index contributed by atoms with van der Waals surface area (Å²) in [6.45, 7) is 7.17. The standard InChI is InChI=1S/C26H26BN7/c1-15-11-32(22-5-2-16(9-28)26-20(22)3-6-24(27)31-26)14-23-19-4-7-25(30-21(19)13-33(15)23)34-12-17-8-18(34)10-29-17/h2-7,15,17-18,23,29H,8,10-14H2,1H3/t15-,17+,18+,23-/m1/s1. The minimum atomic E-state index is 0.310. The molecule has 7 nitrogen and oxygen atoms in total. The number of hydrogen-bond donors (Lipinski definition) is 1. The van der Waals surface area contributed by atoms with Gasteiger partial charge in [-0.3, -0.25) is 9.88 Å². The first kappa shape index (κ1) is 20.2. The number of pyridine rings is 2. The van der Waals surface area contributed by atoms with Gasteiger partial charge in [0.1, 0.15) is 19.7 Å². The summed E-state index contributed by atoms with van der Waals surface area (Å²) in [5, 5.41) is 14.1. The Labute approximate surface area is 200 Å². The van der Waals surface area contributed by atoms with Gasteiger partial charge in [-0.05, 0) is 48.8 Å². The molecular formula is C26H26BN7. The molecule has 0 aliphatic carbocycles. The first-order chi connectivity index (χ1) is 16.6. The number of fused-ring (bicyclic) bond motifs is 6. The lowest BCUT2D eigenvalue weighted by molar-refractivity contribution is 0.133. The van der Waals surface area contributed by atoms with Crippen molar-refractivity contribution in [3.05, 3.63) is 53.2 Å². The minimum absolute atomic E-state index is 0.310. The van der Waals surface area contributed by atoms with Crippen LogP contribution in [0.25, 0.3) is 10.9 Å². The minimum Gasteiger partial charge on any atom is -0.368 e. The molecule has 0 amide bonds. The fourth-order valence-corrected chi connectivity index (χ4v) is 6.55. The summed E-state index contributed by atoms with van der Waals surface area (Å²) in [4.78, 5) is 17.2. The van der Waals surface area contributed by atoms with Crippen molar-refractivity contribution in [3.8, 4) is 6.07 Å². The number of rotatable bonds is 2. The Balaban J connectivity index is 1.22. The zero-order valence-corrected chi connectivity index (χ0v) is 19.3. The van der Waals surface area contributed by atoms with E-state index in [0.717, 1.165) is 49.6 Å². The van der Waals surface area contributed by atoms with E-state index >= 15 is 0 Å². The van der Waals surface area contributed by atoms with E-state index in [1.54, 1.807) is 0 Å². The Morgan fingerprint density at radius 1 is 1.09 bits per heavy atom. The molecule has 4 aliphatic heterocycles. The third kappa shape index (κ3) is 2.97. The Kier molecular flexibility index (Phi) is 4.42. The smallest absolute Gasteiger partial charge is 0.141 e. The zero-order chi connectivity index (χ0) is 23.0. The van der Waals surface area contributed by atoms with E-state index in [2.05, 4.69) is 56.2 Å². The topological polar surface area (TPSA) is 71.3 Å². The van der Waals surface area contributed by atoms with Crippen LogP contribution in [0.5, 0.6) is 0 Å². The molecule has 7 rings (SSSR count). The molecule has 3 saturated heterocycles. The number of nitrogens with one attached hydrogen (secondary N) is 1. The van der Waals surface area contributed by atoms with Crippen LogP contribution in [0.2, 0.25) is 0 Å². The Morgan fingerprint density at radius 3 is 2.79 bits per heavy atom. The van der Waals surface area contributed by atoms with Gasteiger partial charge in [-0.15, -0.1) is 0 Å². The number of piperazine rings is 2. The summed E-state index contributed by atoms with van der Waals surface area (Å²) in [7, 11) is 5.94. The highest BCUT2D eigenvalue weighted by Gasteiger charge is 2.42. The van der Waals surface area contributed by atoms with E-state index in [4.69, 9.17) is 12.8 Å². The fourth-order valence-electron chi connectivity index (χ4n) is 6.55. The van der Waals surface area contributed by atoms with Gasteiger partial charge in [-0.2, -0.15) is 5.26 Å². The molecule has 1 N–H and O–H groups in total. The van der Waals surface area contributed by atoms with Crippen LogP contribution in [-0.2, 0) is 6.54 Å². The van der Waals surface area contributed by atoms with Crippen LogP contribution in [-0.4, -0.2) is 67.0 Å². The lowest BCUT2D eigenvalue weighted by atomic mass is 9.98. The van der Waals surface area contributed by atoms with Crippen molar-refractivity contribution in [2.45, 2.75) is 44.1 Å².